The second-order valence-electron chi connectivity index (χ2n) is 9.66. The van der Waals surface area contributed by atoms with Gasteiger partial charge in [-0.15, -0.1) is 0 Å². The number of hydrogen-bond donors (Lipinski definition) is 0. The van der Waals surface area contributed by atoms with E-state index in [2.05, 4.69) is 117 Å². The second kappa shape index (κ2) is 9.08. The van der Waals surface area contributed by atoms with Crippen molar-refractivity contribution >= 4 is 14.0 Å². The maximum absolute atomic E-state index is 2.60. The molecule has 162 valence electrons. The molecule has 0 aromatic heterocycles. The van der Waals surface area contributed by atoms with Crippen molar-refractivity contribution in [1.29, 1.82) is 0 Å². The maximum Gasteiger partial charge on any atom is 0.0762 e. The largest absolute Gasteiger partial charge is 0.0805 e. The molecular weight excluding hydrogens is 400 g/mol. The van der Waals surface area contributed by atoms with Gasteiger partial charge in [0.1, 0.15) is 0 Å². The Balaban J connectivity index is 1.74. The van der Waals surface area contributed by atoms with Crippen molar-refractivity contribution in [3.05, 3.63) is 126 Å². The van der Waals surface area contributed by atoms with E-state index in [0.29, 0.717) is 11.5 Å². The van der Waals surface area contributed by atoms with E-state index in [-0.39, 0.29) is 5.41 Å². The average molecular weight is 435 g/mol. The molecule has 3 unspecified atom stereocenters. The minimum absolute atomic E-state index is 0.0319. The molecule has 0 amide bonds. The molecule has 0 radical (unpaired) electrons. The Morgan fingerprint density at radius 1 is 0.688 bits per heavy atom. The lowest BCUT2D eigenvalue weighted by atomic mass is 9.59. The smallest absolute Gasteiger partial charge is 0.0762 e. The van der Waals surface area contributed by atoms with Gasteiger partial charge in [-0.3, -0.25) is 0 Å². The molecule has 0 heterocycles. The molecule has 1 aromatic rings. The van der Waals surface area contributed by atoms with Gasteiger partial charge in [0.25, 0.3) is 0 Å². The van der Waals surface area contributed by atoms with Gasteiger partial charge in [0.05, 0.1) is 8.80 Å². The molecule has 4 aliphatic carbocycles. The summed E-state index contributed by atoms with van der Waals surface area (Å²) < 4.78 is 0. The van der Waals surface area contributed by atoms with Crippen molar-refractivity contribution in [2.75, 3.05) is 0 Å². The van der Waals surface area contributed by atoms with Gasteiger partial charge in [-0.05, 0) is 37.1 Å². The van der Waals surface area contributed by atoms with Gasteiger partial charge in [0.15, 0.2) is 0 Å². The van der Waals surface area contributed by atoms with Crippen molar-refractivity contribution < 1.29 is 0 Å². The monoisotopic (exact) mass is 434 g/mol. The van der Waals surface area contributed by atoms with Crippen LogP contribution in [0.3, 0.4) is 0 Å². The molecule has 0 aliphatic heterocycles. The zero-order valence-electron chi connectivity index (χ0n) is 19.4. The number of benzene rings is 1. The lowest BCUT2D eigenvalue weighted by Crippen LogP contribution is -2.48. The highest BCUT2D eigenvalue weighted by molar-refractivity contribution is 6.74. The van der Waals surface area contributed by atoms with Crippen LogP contribution in [0.5, 0.6) is 0 Å². The highest BCUT2D eigenvalue weighted by Gasteiger charge is 2.52. The standard InChI is InChI=1S/C31H34Si/c1-24(25-14-6-7-15-25)31(27-18-10-11-19-27,28-20-12-13-21-28)30(26-16-8-9-17-26)32(2)29-22-4-3-5-23-29/h3-14,16,18,20,22-24,30,32H,15,17,19,21H2,1-2H3. The fraction of sp³-hybridized carbons (Fsp3) is 0.290. The first-order valence-electron chi connectivity index (χ1n) is 12.2. The summed E-state index contributed by atoms with van der Waals surface area (Å²) in [6.45, 7) is 5.13. The topological polar surface area (TPSA) is 0 Å². The van der Waals surface area contributed by atoms with Crippen LogP contribution >= 0.6 is 0 Å². The molecule has 32 heavy (non-hydrogen) atoms. The molecule has 0 spiro atoms. The van der Waals surface area contributed by atoms with Crippen LogP contribution in [-0.4, -0.2) is 8.80 Å². The minimum Gasteiger partial charge on any atom is -0.0805 e. The fourth-order valence-electron chi connectivity index (χ4n) is 6.67. The summed E-state index contributed by atoms with van der Waals surface area (Å²) in [5.74, 6) is 0.472. The Morgan fingerprint density at radius 3 is 1.72 bits per heavy atom. The molecule has 5 rings (SSSR count). The van der Waals surface area contributed by atoms with E-state index < -0.39 is 8.80 Å². The van der Waals surface area contributed by atoms with Gasteiger partial charge in [0.2, 0.25) is 0 Å². The van der Waals surface area contributed by atoms with Gasteiger partial charge < -0.3 is 0 Å². The summed E-state index contributed by atoms with van der Waals surface area (Å²) in [6, 6.07) is 11.4. The van der Waals surface area contributed by atoms with Crippen LogP contribution < -0.4 is 5.19 Å². The van der Waals surface area contributed by atoms with Crippen LogP contribution in [0.15, 0.2) is 126 Å². The van der Waals surface area contributed by atoms with E-state index >= 15 is 0 Å². The lowest BCUT2D eigenvalue weighted by Gasteiger charge is -2.51. The Hall–Kier alpha value is -2.64. The highest BCUT2D eigenvalue weighted by Crippen LogP contribution is 2.62. The van der Waals surface area contributed by atoms with Crippen LogP contribution in [0.25, 0.3) is 0 Å². The average Bonchev–Trinajstić information content (AvgIpc) is 3.65. The van der Waals surface area contributed by atoms with Gasteiger partial charge in [-0.1, -0.05) is 144 Å². The fourth-order valence-corrected chi connectivity index (χ4v) is 10.3. The van der Waals surface area contributed by atoms with E-state index in [9.17, 15) is 0 Å². The van der Waals surface area contributed by atoms with Crippen LogP contribution in [0.1, 0.15) is 32.6 Å². The summed E-state index contributed by atoms with van der Waals surface area (Å²) in [6.07, 6.45) is 32.7. The van der Waals surface area contributed by atoms with Crippen molar-refractivity contribution in [2.45, 2.75) is 44.7 Å². The Kier molecular flexibility index (Phi) is 6.02. The van der Waals surface area contributed by atoms with Gasteiger partial charge in [-0.25, -0.2) is 0 Å². The quantitative estimate of drug-likeness (QED) is 0.377. The van der Waals surface area contributed by atoms with E-state index in [1.807, 2.05) is 0 Å². The molecule has 1 aromatic carbocycles. The van der Waals surface area contributed by atoms with Gasteiger partial charge >= 0.3 is 0 Å². The molecule has 4 aliphatic rings. The molecule has 0 fully saturated rings. The SMILES string of the molecule is CC(C1=CC=CC1)C(C1=CC=CC1)(C1=CC=CC1)C(C1=CC=CC1)[SiH](C)c1ccccc1. The summed E-state index contributed by atoms with van der Waals surface area (Å²) in [7, 11) is -1.36. The zero-order chi connectivity index (χ0) is 22.0. The summed E-state index contributed by atoms with van der Waals surface area (Å²) in [5, 5.41) is 1.58. The number of hydrogen-bond acceptors (Lipinski definition) is 0. The Labute approximate surface area is 195 Å². The first kappa shape index (κ1) is 21.2. The van der Waals surface area contributed by atoms with Crippen molar-refractivity contribution in [1.82, 2.24) is 0 Å². The third kappa shape index (κ3) is 3.53. The summed E-state index contributed by atoms with van der Waals surface area (Å²) in [5.41, 5.74) is 7.07. The minimum atomic E-state index is -1.36. The highest BCUT2D eigenvalue weighted by atomic mass is 28.3. The third-order valence-corrected chi connectivity index (χ3v) is 11.6. The first-order valence-corrected chi connectivity index (χ1v) is 14.6. The van der Waals surface area contributed by atoms with Crippen LogP contribution in [0, 0.1) is 11.3 Å². The molecule has 0 saturated heterocycles. The normalized spacial score (nSPS) is 22.1. The van der Waals surface area contributed by atoms with Crippen molar-refractivity contribution in [2.24, 2.45) is 11.3 Å². The first-order chi connectivity index (χ1) is 15.7. The van der Waals surface area contributed by atoms with Gasteiger partial charge in [0, 0.05) is 5.41 Å². The number of rotatable bonds is 8. The Bertz CT molecular complexity index is 1070. The van der Waals surface area contributed by atoms with Crippen molar-refractivity contribution in [3.8, 4) is 0 Å². The second-order valence-corrected chi connectivity index (χ2v) is 12.6. The zero-order valence-corrected chi connectivity index (χ0v) is 20.5. The predicted octanol–water partition coefficient (Wildman–Crippen LogP) is 7.29. The molecule has 0 N–H and O–H groups in total. The van der Waals surface area contributed by atoms with Crippen LogP contribution in [-0.2, 0) is 0 Å². The number of allylic oxidation sites excluding steroid dienone is 16. The third-order valence-electron chi connectivity index (χ3n) is 8.16. The summed E-state index contributed by atoms with van der Waals surface area (Å²) >= 11 is 0. The van der Waals surface area contributed by atoms with E-state index in [1.54, 1.807) is 27.5 Å². The lowest BCUT2D eigenvalue weighted by molar-refractivity contribution is 0.302. The molecule has 3 atom stereocenters. The van der Waals surface area contributed by atoms with Gasteiger partial charge in [-0.2, -0.15) is 0 Å². The van der Waals surface area contributed by atoms with E-state index in [4.69, 9.17) is 0 Å². The molecule has 0 nitrogen and oxygen atoms in total. The van der Waals surface area contributed by atoms with E-state index in [0.717, 1.165) is 25.7 Å². The van der Waals surface area contributed by atoms with Crippen molar-refractivity contribution in [3.63, 3.8) is 0 Å². The van der Waals surface area contributed by atoms with E-state index in [1.165, 1.54) is 0 Å². The predicted molar refractivity (Wildman–Crippen MR) is 142 cm³/mol. The van der Waals surface area contributed by atoms with Crippen LogP contribution in [0.4, 0.5) is 0 Å². The maximum atomic E-state index is 2.60. The molecule has 1 heteroatoms. The summed E-state index contributed by atoms with van der Waals surface area (Å²) in [4.78, 5) is 0. The molecular formula is C31H34Si. The molecule has 0 bridgehead atoms. The Morgan fingerprint density at radius 2 is 1.22 bits per heavy atom. The van der Waals surface area contributed by atoms with Crippen LogP contribution in [0.2, 0.25) is 12.1 Å². The molecule has 0 saturated carbocycles.